The number of nitrogens with zero attached hydrogens (tertiary/aromatic N) is 1. The highest BCUT2D eigenvalue weighted by Gasteiger charge is 2.14. The minimum absolute atomic E-state index is 0.356. The van der Waals surface area contributed by atoms with E-state index in [1.54, 1.807) is 7.05 Å². The molecule has 0 aliphatic rings. The van der Waals surface area contributed by atoms with Gasteiger partial charge in [0.2, 0.25) is 0 Å². The van der Waals surface area contributed by atoms with Gasteiger partial charge < -0.3 is 24.4 Å². The first-order chi connectivity index (χ1) is 16.1. The second-order valence-corrected chi connectivity index (χ2v) is 9.53. The molecular formula is C27H56N2O4. The molecule has 198 valence electrons. The van der Waals surface area contributed by atoms with Gasteiger partial charge in [0.1, 0.15) is 0 Å². The lowest BCUT2D eigenvalue weighted by molar-refractivity contribution is -0.0288. The van der Waals surface area contributed by atoms with Crippen molar-refractivity contribution < 1.29 is 19.0 Å². The van der Waals surface area contributed by atoms with Gasteiger partial charge in [-0.25, -0.2) is 4.79 Å². The van der Waals surface area contributed by atoms with E-state index in [-0.39, 0.29) is 6.10 Å². The molecule has 0 bridgehead atoms. The summed E-state index contributed by atoms with van der Waals surface area (Å²) in [6, 6.07) is 0. The maximum Gasteiger partial charge on any atom is 0.407 e. The molecule has 33 heavy (non-hydrogen) atoms. The molecule has 0 rings (SSSR count). The molecule has 0 saturated heterocycles. The molecule has 0 saturated carbocycles. The summed E-state index contributed by atoms with van der Waals surface area (Å²) in [6.07, 6.45) is 20.2. The Morgan fingerprint density at radius 2 is 1.12 bits per heavy atom. The Hall–Kier alpha value is -0.850. The van der Waals surface area contributed by atoms with Crippen molar-refractivity contribution in [3.8, 4) is 0 Å². The van der Waals surface area contributed by atoms with Crippen molar-refractivity contribution in [2.24, 2.45) is 0 Å². The Morgan fingerprint density at radius 3 is 1.55 bits per heavy atom. The molecular weight excluding hydrogens is 416 g/mol. The SMILES string of the molecule is CCCCCCCCCCCCCCCCOC[C@@H](COCCCCN(C)C)OC(=O)NC. The van der Waals surface area contributed by atoms with Crippen LogP contribution in [0.3, 0.4) is 0 Å². The zero-order valence-corrected chi connectivity index (χ0v) is 22.5. The summed E-state index contributed by atoms with van der Waals surface area (Å²) in [5.41, 5.74) is 0. The molecule has 6 nitrogen and oxygen atoms in total. The van der Waals surface area contributed by atoms with Crippen molar-refractivity contribution in [3.63, 3.8) is 0 Å². The van der Waals surface area contributed by atoms with E-state index in [1.807, 2.05) is 0 Å². The zero-order chi connectivity index (χ0) is 24.4. The number of ether oxygens (including phenoxy) is 3. The van der Waals surface area contributed by atoms with Crippen LogP contribution < -0.4 is 5.32 Å². The number of carbonyl (C=O) groups excluding carboxylic acids is 1. The predicted octanol–water partition coefficient (Wildman–Crippen LogP) is 6.57. The van der Waals surface area contributed by atoms with E-state index in [2.05, 4.69) is 31.2 Å². The van der Waals surface area contributed by atoms with Crippen LogP contribution >= 0.6 is 0 Å². The highest BCUT2D eigenvalue weighted by molar-refractivity contribution is 5.66. The molecule has 6 heteroatoms. The smallest absolute Gasteiger partial charge is 0.407 e. The first-order valence-corrected chi connectivity index (χ1v) is 13.8. The lowest BCUT2D eigenvalue weighted by Crippen LogP contribution is -2.33. The topological polar surface area (TPSA) is 60.0 Å². The summed E-state index contributed by atoms with van der Waals surface area (Å²) in [5.74, 6) is 0. The molecule has 0 heterocycles. The maximum atomic E-state index is 11.6. The summed E-state index contributed by atoms with van der Waals surface area (Å²) in [5, 5.41) is 2.50. The number of unbranched alkanes of at least 4 members (excludes halogenated alkanes) is 14. The molecule has 1 atom stereocenters. The van der Waals surface area contributed by atoms with E-state index >= 15 is 0 Å². The largest absolute Gasteiger partial charge is 0.441 e. The van der Waals surface area contributed by atoms with Crippen LogP contribution in [0.2, 0.25) is 0 Å². The van der Waals surface area contributed by atoms with Gasteiger partial charge in [0.25, 0.3) is 0 Å². The fourth-order valence-electron chi connectivity index (χ4n) is 3.79. The van der Waals surface area contributed by atoms with E-state index in [9.17, 15) is 4.79 Å². The number of rotatable bonds is 25. The van der Waals surface area contributed by atoms with Crippen molar-refractivity contribution in [1.29, 1.82) is 0 Å². The predicted molar refractivity (Wildman–Crippen MR) is 139 cm³/mol. The van der Waals surface area contributed by atoms with Gasteiger partial charge in [0, 0.05) is 20.3 Å². The second kappa shape index (κ2) is 25.8. The van der Waals surface area contributed by atoms with E-state index in [4.69, 9.17) is 14.2 Å². The highest BCUT2D eigenvalue weighted by atomic mass is 16.6. The van der Waals surface area contributed by atoms with Gasteiger partial charge in [-0.2, -0.15) is 0 Å². The molecule has 0 aliphatic carbocycles. The normalized spacial score (nSPS) is 12.3. The van der Waals surface area contributed by atoms with Gasteiger partial charge in [-0.05, 0) is 39.9 Å². The van der Waals surface area contributed by atoms with Crippen molar-refractivity contribution >= 4 is 6.09 Å². The summed E-state index contributed by atoms with van der Waals surface area (Å²) < 4.78 is 16.8. The van der Waals surface area contributed by atoms with Gasteiger partial charge in [-0.15, -0.1) is 0 Å². The van der Waals surface area contributed by atoms with Crippen LogP contribution in [0.25, 0.3) is 0 Å². The van der Waals surface area contributed by atoms with Crippen molar-refractivity contribution in [3.05, 3.63) is 0 Å². The van der Waals surface area contributed by atoms with Gasteiger partial charge in [-0.1, -0.05) is 90.4 Å². The number of alkyl carbamates (subject to hydrolysis) is 1. The van der Waals surface area contributed by atoms with Crippen molar-refractivity contribution in [1.82, 2.24) is 10.2 Å². The lowest BCUT2D eigenvalue weighted by atomic mass is 10.0. The standard InChI is InChI=1S/C27H56N2O4/c1-5-6-7-8-9-10-11-12-13-14-15-16-17-19-22-31-24-26(33-27(30)28-2)25-32-23-20-18-21-29(3)4/h26H,5-25H2,1-4H3,(H,28,30)/t26-/m0/s1. The quantitative estimate of drug-likeness (QED) is 0.152. The van der Waals surface area contributed by atoms with Gasteiger partial charge in [0.05, 0.1) is 13.2 Å². The van der Waals surface area contributed by atoms with Crippen LogP contribution in [0.4, 0.5) is 4.79 Å². The fraction of sp³-hybridized carbons (Fsp3) is 0.963. The third-order valence-corrected chi connectivity index (χ3v) is 5.87. The summed E-state index contributed by atoms with van der Waals surface area (Å²) >= 11 is 0. The van der Waals surface area contributed by atoms with Gasteiger partial charge in [-0.3, -0.25) is 0 Å². The number of hydrogen-bond acceptors (Lipinski definition) is 5. The average molecular weight is 473 g/mol. The summed E-state index contributed by atoms with van der Waals surface area (Å²) in [4.78, 5) is 13.7. The van der Waals surface area contributed by atoms with E-state index < -0.39 is 6.09 Å². The zero-order valence-electron chi connectivity index (χ0n) is 22.5. The van der Waals surface area contributed by atoms with Crippen LogP contribution in [-0.2, 0) is 14.2 Å². The highest BCUT2D eigenvalue weighted by Crippen LogP contribution is 2.13. The van der Waals surface area contributed by atoms with Crippen molar-refractivity contribution in [2.45, 2.75) is 116 Å². The Kier molecular flexibility index (Phi) is 25.1. The van der Waals surface area contributed by atoms with Crippen LogP contribution in [-0.4, -0.2) is 71.2 Å². The third-order valence-electron chi connectivity index (χ3n) is 5.87. The van der Waals surface area contributed by atoms with Gasteiger partial charge in [0.15, 0.2) is 6.10 Å². The van der Waals surface area contributed by atoms with Gasteiger partial charge >= 0.3 is 6.09 Å². The molecule has 1 amide bonds. The summed E-state index contributed by atoms with van der Waals surface area (Å²) in [6.45, 7) is 5.51. The number of nitrogens with one attached hydrogen (secondary N) is 1. The molecule has 0 radical (unpaired) electrons. The van der Waals surface area contributed by atoms with Crippen LogP contribution in [0.1, 0.15) is 110 Å². The van der Waals surface area contributed by atoms with Crippen molar-refractivity contribution in [2.75, 3.05) is 54.1 Å². The second-order valence-electron chi connectivity index (χ2n) is 9.53. The maximum absolute atomic E-state index is 11.6. The average Bonchev–Trinajstić information content (AvgIpc) is 2.80. The molecule has 0 fully saturated rings. The first kappa shape index (κ1) is 32.1. The lowest BCUT2D eigenvalue weighted by Gasteiger charge is -2.18. The van der Waals surface area contributed by atoms with E-state index in [1.165, 1.54) is 83.5 Å². The summed E-state index contributed by atoms with van der Waals surface area (Å²) in [7, 11) is 5.71. The number of amides is 1. The molecule has 0 aromatic heterocycles. The van der Waals surface area contributed by atoms with Crippen LogP contribution in [0.5, 0.6) is 0 Å². The monoisotopic (exact) mass is 472 g/mol. The van der Waals surface area contributed by atoms with E-state index in [0.29, 0.717) is 26.4 Å². The number of hydrogen-bond donors (Lipinski definition) is 1. The fourth-order valence-corrected chi connectivity index (χ4v) is 3.79. The molecule has 0 aliphatic heterocycles. The Morgan fingerprint density at radius 1 is 0.697 bits per heavy atom. The van der Waals surface area contributed by atoms with E-state index in [0.717, 1.165) is 25.8 Å². The molecule has 1 N–H and O–H groups in total. The third kappa shape index (κ3) is 25.6. The molecule has 0 unspecified atom stereocenters. The molecule has 0 aromatic carbocycles. The Labute approximate surface area is 205 Å². The van der Waals surface area contributed by atoms with Crippen LogP contribution in [0, 0.1) is 0 Å². The Bertz CT molecular complexity index is 408. The number of carbonyl (C=O) groups is 1. The molecule has 0 spiro atoms. The minimum atomic E-state index is -0.434. The first-order valence-electron chi connectivity index (χ1n) is 13.8. The Balaban J connectivity index is 3.56. The minimum Gasteiger partial charge on any atom is -0.441 e. The molecule has 0 aromatic rings. The van der Waals surface area contributed by atoms with Crippen LogP contribution in [0.15, 0.2) is 0 Å².